The summed E-state index contributed by atoms with van der Waals surface area (Å²) in [6, 6.07) is 16.1. The van der Waals surface area contributed by atoms with Gasteiger partial charge in [0.2, 0.25) is 0 Å². The zero-order chi connectivity index (χ0) is 15.5. The highest BCUT2D eigenvalue weighted by atomic mass is 79.9. The highest BCUT2D eigenvalue weighted by Gasteiger charge is 2.15. The Bertz CT molecular complexity index is 823. The second-order valence-corrected chi connectivity index (χ2v) is 5.94. The van der Waals surface area contributed by atoms with Crippen LogP contribution in [0.25, 0.3) is 10.9 Å². The number of carbonyl (C=O) groups is 1. The normalized spacial score (nSPS) is 10.8. The number of nitrogens with zero attached hydrogens (tertiary/aromatic N) is 1. The summed E-state index contributed by atoms with van der Waals surface area (Å²) in [5, 5.41) is 0.932. The van der Waals surface area contributed by atoms with Gasteiger partial charge in [-0.1, -0.05) is 52.3 Å². The maximum absolute atomic E-state index is 11.9. The molecule has 0 aliphatic carbocycles. The van der Waals surface area contributed by atoms with Crippen molar-refractivity contribution in [1.29, 1.82) is 0 Å². The third kappa shape index (κ3) is 2.79. The largest absolute Gasteiger partial charge is 0.465 e. The Morgan fingerprint density at radius 2 is 1.86 bits per heavy atom. The number of hydrogen-bond donors (Lipinski definition) is 0. The molecule has 0 saturated heterocycles. The third-order valence-corrected chi connectivity index (χ3v) is 4.55. The number of carbonyl (C=O) groups excluding carboxylic acids is 1. The highest BCUT2D eigenvalue weighted by molar-refractivity contribution is 9.10. The van der Waals surface area contributed by atoms with Gasteiger partial charge in [0.25, 0.3) is 0 Å². The highest BCUT2D eigenvalue weighted by Crippen LogP contribution is 2.23. The van der Waals surface area contributed by atoms with Gasteiger partial charge in [0.05, 0.1) is 12.7 Å². The molecular formula is C18H16BrNO2. The summed E-state index contributed by atoms with van der Waals surface area (Å²) >= 11 is 3.58. The van der Waals surface area contributed by atoms with Gasteiger partial charge in [-0.3, -0.25) is 0 Å². The smallest absolute Gasteiger partial charge is 0.340 e. The molecule has 0 aliphatic rings. The molecule has 0 fully saturated rings. The van der Waals surface area contributed by atoms with Crippen molar-refractivity contribution in [3.63, 3.8) is 0 Å². The van der Waals surface area contributed by atoms with Crippen LogP contribution >= 0.6 is 15.9 Å². The standard InChI is InChI=1S/C18H16BrNO2/c1-22-18(21)15-12-20(17-9-5-3-7-14(15)17)11-10-13-6-2-4-8-16(13)19/h2-9,12H,10-11H2,1H3. The van der Waals surface area contributed by atoms with Crippen LogP contribution in [0.15, 0.2) is 59.2 Å². The molecule has 0 atom stereocenters. The monoisotopic (exact) mass is 357 g/mol. The van der Waals surface area contributed by atoms with Crippen molar-refractivity contribution in [1.82, 2.24) is 4.57 Å². The molecule has 0 N–H and O–H groups in total. The average Bonchev–Trinajstić information content (AvgIpc) is 2.92. The molecule has 1 aromatic heterocycles. The topological polar surface area (TPSA) is 31.2 Å². The first-order valence-corrected chi connectivity index (χ1v) is 7.89. The maximum atomic E-state index is 11.9. The molecule has 3 rings (SSSR count). The van der Waals surface area contributed by atoms with E-state index in [4.69, 9.17) is 4.74 Å². The molecule has 2 aromatic carbocycles. The predicted molar refractivity (Wildman–Crippen MR) is 91.1 cm³/mol. The third-order valence-electron chi connectivity index (χ3n) is 3.77. The van der Waals surface area contributed by atoms with Crippen molar-refractivity contribution in [2.24, 2.45) is 0 Å². The van der Waals surface area contributed by atoms with Crippen molar-refractivity contribution in [2.45, 2.75) is 13.0 Å². The summed E-state index contributed by atoms with van der Waals surface area (Å²) in [6.45, 7) is 0.806. The van der Waals surface area contributed by atoms with Gasteiger partial charge in [-0.05, 0) is 24.1 Å². The quantitative estimate of drug-likeness (QED) is 0.646. The number of fused-ring (bicyclic) bond motifs is 1. The Morgan fingerprint density at radius 3 is 2.64 bits per heavy atom. The summed E-state index contributed by atoms with van der Waals surface area (Å²) in [7, 11) is 1.41. The number of para-hydroxylation sites is 1. The molecule has 0 radical (unpaired) electrons. The molecule has 3 nitrogen and oxygen atoms in total. The summed E-state index contributed by atoms with van der Waals surface area (Å²) < 4.78 is 8.10. The van der Waals surface area contributed by atoms with E-state index in [9.17, 15) is 4.79 Å². The lowest BCUT2D eigenvalue weighted by molar-refractivity contribution is 0.0602. The molecule has 0 amide bonds. The van der Waals surface area contributed by atoms with Gasteiger partial charge in [0, 0.05) is 28.1 Å². The lowest BCUT2D eigenvalue weighted by Crippen LogP contribution is -2.02. The molecule has 0 aliphatic heterocycles. The number of ether oxygens (including phenoxy) is 1. The van der Waals surface area contributed by atoms with Crippen molar-refractivity contribution in [3.8, 4) is 0 Å². The van der Waals surface area contributed by atoms with Crippen LogP contribution in [0.5, 0.6) is 0 Å². The fourth-order valence-electron chi connectivity index (χ4n) is 2.65. The minimum absolute atomic E-state index is 0.296. The molecule has 112 valence electrons. The number of methoxy groups -OCH3 is 1. The van der Waals surface area contributed by atoms with E-state index in [2.05, 4.69) is 26.6 Å². The molecule has 0 bridgehead atoms. The zero-order valence-electron chi connectivity index (χ0n) is 12.3. The van der Waals surface area contributed by atoms with Crippen molar-refractivity contribution < 1.29 is 9.53 Å². The summed E-state index contributed by atoms with van der Waals surface area (Å²) in [5.41, 5.74) is 2.92. The van der Waals surface area contributed by atoms with Gasteiger partial charge < -0.3 is 9.30 Å². The van der Waals surface area contributed by atoms with E-state index in [0.29, 0.717) is 5.56 Å². The molecule has 0 unspecified atom stereocenters. The number of esters is 1. The first-order valence-electron chi connectivity index (χ1n) is 7.10. The minimum atomic E-state index is -0.296. The molecule has 0 spiro atoms. The number of aryl methyl sites for hydroxylation is 2. The molecule has 3 aromatic rings. The van der Waals surface area contributed by atoms with Crippen LogP contribution in [0, 0.1) is 0 Å². The second kappa shape index (κ2) is 6.36. The van der Waals surface area contributed by atoms with Crippen LogP contribution < -0.4 is 0 Å². The molecule has 1 heterocycles. The van der Waals surface area contributed by atoms with E-state index in [-0.39, 0.29) is 5.97 Å². The second-order valence-electron chi connectivity index (χ2n) is 5.09. The molecule has 4 heteroatoms. The van der Waals surface area contributed by atoms with Crippen molar-refractivity contribution in [2.75, 3.05) is 7.11 Å². The molecular weight excluding hydrogens is 342 g/mol. The maximum Gasteiger partial charge on any atom is 0.340 e. The van der Waals surface area contributed by atoms with Gasteiger partial charge in [-0.25, -0.2) is 4.79 Å². The van der Waals surface area contributed by atoms with Crippen molar-refractivity contribution in [3.05, 3.63) is 70.3 Å². The van der Waals surface area contributed by atoms with E-state index >= 15 is 0 Å². The lowest BCUT2D eigenvalue weighted by Gasteiger charge is -2.07. The van der Waals surface area contributed by atoms with Crippen LogP contribution in [-0.2, 0) is 17.7 Å². The zero-order valence-corrected chi connectivity index (χ0v) is 13.8. The SMILES string of the molecule is COC(=O)c1cn(CCc2ccccc2Br)c2ccccc12. The van der Waals surface area contributed by atoms with Crippen molar-refractivity contribution >= 4 is 32.8 Å². The van der Waals surface area contributed by atoms with Crippen LogP contribution in [-0.4, -0.2) is 17.6 Å². The van der Waals surface area contributed by atoms with Gasteiger partial charge in [-0.15, -0.1) is 0 Å². The number of aromatic nitrogens is 1. The lowest BCUT2D eigenvalue weighted by atomic mass is 10.1. The summed E-state index contributed by atoms with van der Waals surface area (Å²) in [4.78, 5) is 11.9. The Balaban J connectivity index is 1.94. The molecule has 22 heavy (non-hydrogen) atoms. The Morgan fingerprint density at radius 1 is 1.14 bits per heavy atom. The van der Waals surface area contributed by atoms with Crippen LogP contribution in [0.3, 0.4) is 0 Å². The number of benzene rings is 2. The summed E-state index contributed by atoms with van der Waals surface area (Å²) in [6.07, 6.45) is 2.77. The Labute approximate surface area is 137 Å². The summed E-state index contributed by atoms with van der Waals surface area (Å²) in [5.74, 6) is -0.296. The number of hydrogen-bond acceptors (Lipinski definition) is 2. The van der Waals surface area contributed by atoms with E-state index in [1.807, 2.05) is 48.7 Å². The van der Waals surface area contributed by atoms with Gasteiger partial charge >= 0.3 is 5.97 Å². The van der Waals surface area contributed by atoms with Crippen LogP contribution in [0.4, 0.5) is 0 Å². The Hall–Kier alpha value is -2.07. The average molecular weight is 358 g/mol. The fraction of sp³-hybridized carbons (Fsp3) is 0.167. The van der Waals surface area contributed by atoms with E-state index in [1.165, 1.54) is 12.7 Å². The van der Waals surface area contributed by atoms with Crippen LogP contribution in [0.1, 0.15) is 15.9 Å². The van der Waals surface area contributed by atoms with Gasteiger partial charge in [0.15, 0.2) is 0 Å². The van der Waals surface area contributed by atoms with Gasteiger partial charge in [0.1, 0.15) is 0 Å². The Kier molecular flexibility index (Phi) is 4.29. The van der Waals surface area contributed by atoms with Gasteiger partial charge in [-0.2, -0.15) is 0 Å². The predicted octanol–water partition coefficient (Wildman–Crippen LogP) is 4.43. The van der Waals surface area contributed by atoms with E-state index < -0.39 is 0 Å². The first kappa shape index (κ1) is 14.9. The van der Waals surface area contributed by atoms with E-state index in [1.54, 1.807) is 0 Å². The van der Waals surface area contributed by atoms with E-state index in [0.717, 1.165) is 28.3 Å². The van der Waals surface area contributed by atoms with Crippen LogP contribution in [0.2, 0.25) is 0 Å². The fourth-order valence-corrected chi connectivity index (χ4v) is 3.13. The number of halogens is 1. The minimum Gasteiger partial charge on any atom is -0.465 e. The number of rotatable bonds is 4. The molecule has 0 saturated carbocycles. The first-order chi connectivity index (χ1) is 10.7.